The molecule has 0 saturated carbocycles. The summed E-state index contributed by atoms with van der Waals surface area (Å²) in [6, 6.07) is 46.5. The van der Waals surface area contributed by atoms with Crippen LogP contribution in [0.15, 0.2) is 116 Å². The number of aryl methyl sites for hydroxylation is 2. The van der Waals surface area contributed by atoms with E-state index >= 15 is 0 Å². The van der Waals surface area contributed by atoms with Gasteiger partial charge in [0.1, 0.15) is 0 Å². The maximum absolute atomic E-state index is 6.29. The Morgan fingerprint density at radius 2 is 0.959 bits per heavy atom. The molecule has 0 N–H and O–H groups in total. The molecule has 0 atom stereocenters. The van der Waals surface area contributed by atoms with Gasteiger partial charge in [-0.15, -0.1) is 71.8 Å². The van der Waals surface area contributed by atoms with Crippen molar-refractivity contribution in [2.75, 3.05) is 0 Å². The Morgan fingerprint density at radius 1 is 0.510 bits per heavy atom. The van der Waals surface area contributed by atoms with Gasteiger partial charge in [-0.05, 0) is 43.4 Å². The van der Waals surface area contributed by atoms with Gasteiger partial charge in [0.05, 0.1) is 0 Å². The van der Waals surface area contributed by atoms with Crippen LogP contribution in [0.4, 0.5) is 0 Å². The molecule has 7 nitrogen and oxygen atoms in total. The molecular formula is C40H25N5O2PdPt. The summed E-state index contributed by atoms with van der Waals surface area (Å²) in [6.07, 6.45) is 3.42. The monoisotopic (exact) mass is 908 g/mol. The smallest absolute Gasteiger partial charge is 0.503 e. The Balaban J connectivity index is 0.00000208. The SMILES string of the molecule is Cc1cccc(-c2[c-]c(Oc3[c-]c4c(cc3)c3ccc(Oc5[c-]c(-c6cccc(C)n6)ccc5)[c-]c3n4-c3ncccn3)ccc2)n1.[Pd+2].[Pt+2]. The molecule has 8 aromatic rings. The predicted octanol–water partition coefficient (Wildman–Crippen LogP) is 9.09. The maximum atomic E-state index is 6.29. The van der Waals surface area contributed by atoms with Gasteiger partial charge in [0.2, 0.25) is 5.95 Å². The Labute approximate surface area is 312 Å². The number of hydrogen-bond donors (Lipinski definition) is 0. The molecule has 242 valence electrons. The Morgan fingerprint density at radius 3 is 1.43 bits per heavy atom. The number of ether oxygens (including phenoxy) is 2. The van der Waals surface area contributed by atoms with Crippen molar-refractivity contribution in [2.45, 2.75) is 13.8 Å². The average Bonchev–Trinajstić information content (AvgIpc) is 3.41. The fourth-order valence-corrected chi connectivity index (χ4v) is 5.49. The zero-order valence-electron chi connectivity index (χ0n) is 26.2. The van der Waals surface area contributed by atoms with Gasteiger partial charge >= 0.3 is 41.5 Å². The van der Waals surface area contributed by atoms with E-state index in [-0.39, 0.29) is 41.5 Å². The van der Waals surface area contributed by atoms with Gasteiger partial charge in [-0.1, -0.05) is 47.4 Å². The van der Waals surface area contributed by atoms with E-state index in [1.165, 1.54) is 0 Å². The average molecular weight is 909 g/mol. The summed E-state index contributed by atoms with van der Waals surface area (Å²) in [5.74, 6) is 2.64. The summed E-state index contributed by atoms with van der Waals surface area (Å²) < 4.78 is 14.5. The molecule has 0 bridgehead atoms. The molecule has 0 aliphatic heterocycles. The van der Waals surface area contributed by atoms with E-state index in [0.29, 0.717) is 28.9 Å². The van der Waals surface area contributed by atoms with Crippen molar-refractivity contribution in [1.82, 2.24) is 24.5 Å². The van der Waals surface area contributed by atoms with Crippen molar-refractivity contribution in [1.29, 1.82) is 0 Å². The Kier molecular flexibility index (Phi) is 10.1. The number of nitrogens with zero attached hydrogens (tertiary/aromatic N) is 5. The van der Waals surface area contributed by atoms with Crippen molar-refractivity contribution < 1.29 is 51.0 Å². The summed E-state index contributed by atoms with van der Waals surface area (Å²) in [5, 5.41) is 1.90. The quantitative estimate of drug-likeness (QED) is 0.117. The van der Waals surface area contributed by atoms with Crippen LogP contribution >= 0.6 is 0 Å². The molecule has 0 amide bonds. The molecular weight excluding hydrogens is 884 g/mol. The first-order valence-electron chi connectivity index (χ1n) is 15.1. The second-order valence-electron chi connectivity index (χ2n) is 10.9. The van der Waals surface area contributed by atoms with E-state index in [1.807, 2.05) is 115 Å². The van der Waals surface area contributed by atoms with Gasteiger partial charge in [-0.2, -0.15) is 22.9 Å². The van der Waals surface area contributed by atoms with Gasteiger partial charge in [0, 0.05) is 46.8 Å². The van der Waals surface area contributed by atoms with Crippen LogP contribution in [0.5, 0.6) is 23.0 Å². The van der Waals surface area contributed by atoms with Crippen LogP contribution in [0.2, 0.25) is 0 Å². The van der Waals surface area contributed by atoms with E-state index in [2.05, 4.69) is 44.2 Å². The number of benzene rings is 4. The third-order valence-electron chi connectivity index (χ3n) is 7.59. The van der Waals surface area contributed by atoms with Crippen LogP contribution in [0.1, 0.15) is 11.4 Å². The van der Waals surface area contributed by atoms with Crippen LogP contribution in [-0.2, 0) is 41.5 Å². The molecule has 0 unspecified atom stereocenters. The minimum atomic E-state index is 0. The first-order chi connectivity index (χ1) is 23.1. The van der Waals surface area contributed by atoms with Gasteiger partial charge in [0.25, 0.3) is 0 Å². The van der Waals surface area contributed by atoms with E-state index in [4.69, 9.17) is 9.47 Å². The summed E-state index contributed by atoms with van der Waals surface area (Å²) in [4.78, 5) is 18.4. The van der Waals surface area contributed by atoms with E-state index in [0.717, 1.165) is 55.7 Å². The third kappa shape index (κ3) is 7.09. The normalized spacial score (nSPS) is 10.7. The predicted molar refractivity (Wildman–Crippen MR) is 181 cm³/mol. The molecule has 0 spiro atoms. The molecule has 0 aliphatic rings. The van der Waals surface area contributed by atoms with Gasteiger partial charge in [0.15, 0.2) is 0 Å². The molecule has 49 heavy (non-hydrogen) atoms. The van der Waals surface area contributed by atoms with Gasteiger partial charge < -0.3 is 24.0 Å². The number of aromatic nitrogens is 5. The molecule has 4 aromatic carbocycles. The van der Waals surface area contributed by atoms with Gasteiger partial charge in [-0.3, -0.25) is 0 Å². The van der Waals surface area contributed by atoms with Crippen LogP contribution in [0, 0.1) is 38.1 Å². The maximum Gasteiger partial charge on any atom is 2.00 e. The number of hydrogen-bond acceptors (Lipinski definition) is 6. The van der Waals surface area contributed by atoms with Crippen molar-refractivity contribution in [3.05, 3.63) is 151 Å². The number of fused-ring (bicyclic) bond motifs is 3. The minimum Gasteiger partial charge on any atom is -0.503 e. The largest absolute Gasteiger partial charge is 2.00 e. The van der Waals surface area contributed by atoms with Crippen LogP contribution in [0.3, 0.4) is 0 Å². The minimum absolute atomic E-state index is 0. The van der Waals surface area contributed by atoms with Crippen molar-refractivity contribution in [2.24, 2.45) is 0 Å². The number of rotatable bonds is 7. The summed E-state index contributed by atoms with van der Waals surface area (Å²) >= 11 is 0. The first-order valence-corrected chi connectivity index (χ1v) is 15.1. The zero-order chi connectivity index (χ0) is 31.7. The van der Waals surface area contributed by atoms with Crippen molar-refractivity contribution in [3.63, 3.8) is 0 Å². The van der Waals surface area contributed by atoms with Crippen LogP contribution in [-0.4, -0.2) is 24.5 Å². The molecule has 8 rings (SSSR count). The summed E-state index contributed by atoms with van der Waals surface area (Å²) in [7, 11) is 0. The number of pyridine rings is 2. The summed E-state index contributed by atoms with van der Waals surface area (Å²) in [5.41, 5.74) is 6.72. The second-order valence-corrected chi connectivity index (χ2v) is 10.9. The molecule has 4 aromatic heterocycles. The van der Waals surface area contributed by atoms with E-state index < -0.39 is 0 Å². The van der Waals surface area contributed by atoms with Gasteiger partial charge in [-0.25, -0.2) is 9.97 Å². The fourth-order valence-electron chi connectivity index (χ4n) is 5.49. The Hall–Kier alpha value is -4.99. The second kappa shape index (κ2) is 14.6. The first kappa shape index (κ1) is 33.9. The fraction of sp³-hybridized carbons (Fsp3) is 0.0500. The molecule has 0 fully saturated rings. The molecule has 0 saturated heterocycles. The van der Waals surface area contributed by atoms with Crippen molar-refractivity contribution >= 4 is 21.8 Å². The molecule has 4 heterocycles. The van der Waals surface area contributed by atoms with Crippen molar-refractivity contribution in [3.8, 4) is 51.5 Å². The Bertz CT molecular complexity index is 2270. The van der Waals surface area contributed by atoms with Crippen LogP contribution < -0.4 is 9.47 Å². The molecule has 0 radical (unpaired) electrons. The summed E-state index contributed by atoms with van der Waals surface area (Å²) in [6.45, 7) is 3.94. The zero-order valence-corrected chi connectivity index (χ0v) is 30.0. The van der Waals surface area contributed by atoms with E-state index in [9.17, 15) is 0 Å². The molecule has 0 aliphatic carbocycles. The van der Waals surface area contributed by atoms with E-state index in [1.54, 1.807) is 18.5 Å². The third-order valence-corrected chi connectivity index (χ3v) is 7.59. The van der Waals surface area contributed by atoms with Crippen LogP contribution in [0.25, 0.3) is 50.3 Å². The standard InChI is InChI=1S/C40H25N5O2.Pd.Pt/c1-26-8-3-14-36(43-26)28-10-5-12-30(22-28)46-32-16-18-34-35-19-17-33(25-39(35)45(38(34)24-32)40-41-20-7-21-42-40)47-31-13-6-11-29(23-31)37-15-4-9-27(2)44-37;;/h3-21H,1-2H3;;/q-4;2*+2. The molecule has 9 heteroatoms. The topological polar surface area (TPSA) is 75.0 Å².